The van der Waals surface area contributed by atoms with Crippen LogP contribution in [-0.2, 0) is 5.41 Å². The van der Waals surface area contributed by atoms with E-state index in [1.165, 1.54) is 65.1 Å². The maximum absolute atomic E-state index is 5.21. The number of hydrogen-bond donors (Lipinski definition) is 0. The lowest BCUT2D eigenvalue weighted by molar-refractivity contribution is 0.0856. The van der Waals surface area contributed by atoms with Gasteiger partial charge in [-0.1, -0.05) is 110 Å². The summed E-state index contributed by atoms with van der Waals surface area (Å²) in [5, 5.41) is 2.47. The Balaban J connectivity index is 1.27. The van der Waals surface area contributed by atoms with E-state index in [2.05, 4.69) is 96.4 Å². The second-order valence-electron chi connectivity index (χ2n) is 14.2. The SMILES string of the molecule is CC1CC2CCC3(c4ccccc4-c4cc5c6ccccc6n(-c6nc(-c7ccccc7)nc(-c7ccccc7)n6)c5cc43)C(C1)C2. The first-order valence-electron chi connectivity index (χ1n) is 17.2. The molecule has 4 atom stereocenters. The van der Waals surface area contributed by atoms with Crippen LogP contribution in [-0.4, -0.2) is 19.5 Å². The van der Waals surface area contributed by atoms with Gasteiger partial charge in [-0.2, -0.15) is 9.97 Å². The van der Waals surface area contributed by atoms with Gasteiger partial charge in [-0.3, -0.25) is 4.57 Å². The third kappa shape index (κ3) is 3.97. The molecule has 5 aromatic carbocycles. The quantitative estimate of drug-likeness (QED) is 0.200. The summed E-state index contributed by atoms with van der Waals surface area (Å²) < 4.78 is 2.30. The zero-order valence-electron chi connectivity index (χ0n) is 26.6. The van der Waals surface area contributed by atoms with Gasteiger partial charge in [0, 0.05) is 27.3 Å². The molecule has 10 rings (SSSR count). The Hall–Kier alpha value is -5.09. The maximum Gasteiger partial charge on any atom is 0.238 e. The predicted octanol–water partition coefficient (Wildman–Crippen LogP) is 10.4. The second kappa shape index (κ2) is 10.2. The van der Waals surface area contributed by atoms with Crippen molar-refractivity contribution in [2.75, 3.05) is 0 Å². The van der Waals surface area contributed by atoms with Crippen LogP contribution < -0.4 is 0 Å². The van der Waals surface area contributed by atoms with Gasteiger partial charge in [-0.05, 0) is 90.3 Å². The average Bonchev–Trinajstić information content (AvgIpc) is 3.59. The van der Waals surface area contributed by atoms with Crippen molar-refractivity contribution in [3.8, 4) is 39.9 Å². The van der Waals surface area contributed by atoms with Crippen LogP contribution in [0.4, 0.5) is 0 Å². The van der Waals surface area contributed by atoms with Gasteiger partial charge in [-0.25, -0.2) is 4.98 Å². The van der Waals surface area contributed by atoms with Crippen molar-refractivity contribution < 1.29 is 0 Å². The smallest absolute Gasteiger partial charge is 0.238 e. The van der Waals surface area contributed by atoms with E-state index >= 15 is 0 Å². The third-order valence-electron chi connectivity index (χ3n) is 11.6. The molecule has 47 heavy (non-hydrogen) atoms. The van der Waals surface area contributed by atoms with Crippen molar-refractivity contribution in [3.05, 3.63) is 132 Å². The molecule has 3 aliphatic rings. The summed E-state index contributed by atoms with van der Waals surface area (Å²) in [5.41, 5.74) is 10.2. The molecule has 2 saturated carbocycles. The summed E-state index contributed by atoms with van der Waals surface area (Å²) in [6.45, 7) is 2.48. The van der Waals surface area contributed by atoms with Crippen LogP contribution in [0.25, 0.3) is 61.7 Å². The van der Waals surface area contributed by atoms with Gasteiger partial charge in [-0.15, -0.1) is 0 Å². The summed E-state index contributed by atoms with van der Waals surface area (Å²) in [5.74, 6) is 4.32. The van der Waals surface area contributed by atoms with Crippen LogP contribution >= 0.6 is 0 Å². The van der Waals surface area contributed by atoms with Crippen molar-refractivity contribution in [2.24, 2.45) is 17.8 Å². The first-order valence-corrected chi connectivity index (χ1v) is 17.2. The third-order valence-corrected chi connectivity index (χ3v) is 11.6. The van der Waals surface area contributed by atoms with Gasteiger partial charge in [0.2, 0.25) is 5.95 Å². The highest BCUT2D eigenvalue weighted by Gasteiger charge is 2.53. The number of benzene rings is 5. The molecule has 0 amide bonds. The van der Waals surface area contributed by atoms with Crippen LogP contribution in [0.15, 0.2) is 121 Å². The zero-order chi connectivity index (χ0) is 31.1. The monoisotopic (exact) mass is 608 g/mol. The molecule has 3 aliphatic carbocycles. The van der Waals surface area contributed by atoms with Gasteiger partial charge < -0.3 is 0 Å². The molecule has 4 unspecified atom stereocenters. The van der Waals surface area contributed by atoms with E-state index in [4.69, 9.17) is 15.0 Å². The van der Waals surface area contributed by atoms with E-state index in [-0.39, 0.29) is 5.41 Å². The number of aromatic nitrogens is 4. The lowest BCUT2D eigenvalue weighted by Gasteiger charge is -2.50. The summed E-state index contributed by atoms with van der Waals surface area (Å²) in [4.78, 5) is 15.4. The molecular formula is C43H36N4. The van der Waals surface area contributed by atoms with Crippen LogP contribution in [0.1, 0.15) is 50.2 Å². The van der Waals surface area contributed by atoms with Crippen molar-refractivity contribution in [3.63, 3.8) is 0 Å². The molecule has 2 fully saturated rings. The summed E-state index contributed by atoms with van der Waals surface area (Å²) in [6.07, 6.45) is 6.57. The van der Waals surface area contributed by atoms with Crippen LogP contribution in [0.3, 0.4) is 0 Å². The van der Waals surface area contributed by atoms with Crippen LogP contribution in [0, 0.1) is 17.8 Å². The molecule has 1 spiro atoms. The Kier molecular flexibility index (Phi) is 5.88. The fraction of sp³-hybridized carbons (Fsp3) is 0.233. The molecule has 2 bridgehead atoms. The fourth-order valence-electron chi connectivity index (χ4n) is 9.70. The second-order valence-corrected chi connectivity index (χ2v) is 14.2. The summed E-state index contributed by atoms with van der Waals surface area (Å²) >= 11 is 0. The Morgan fingerprint density at radius 1 is 0.596 bits per heavy atom. The predicted molar refractivity (Wildman–Crippen MR) is 190 cm³/mol. The van der Waals surface area contributed by atoms with Crippen molar-refractivity contribution in [1.29, 1.82) is 0 Å². The van der Waals surface area contributed by atoms with Gasteiger partial charge in [0.25, 0.3) is 0 Å². The molecule has 2 heterocycles. The summed E-state index contributed by atoms with van der Waals surface area (Å²) in [7, 11) is 0. The molecule has 0 N–H and O–H groups in total. The Bertz CT molecular complexity index is 2260. The molecule has 0 saturated heterocycles. The van der Waals surface area contributed by atoms with E-state index in [9.17, 15) is 0 Å². The van der Waals surface area contributed by atoms with Crippen LogP contribution in [0.5, 0.6) is 0 Å². The lowest BCUT2D eigenvalue weighted by atomic mass is 9.53. The number of rotatable bonds is 3. The van der Waals surface area contributed by atoms with Gasteiger partial charge in [0.15, 0.2) is 11.6 Å². The molecule has 4 heteroatoms. The van der Waals surface area contributed by atoms with Gasteiger partial charge in [0.1, 0.15) is 0 Å². The van der Waals surface area contributed by atoms with E-state index < -0.39 is 0 Å². The molecule has 7 aromatic rings. The molecule has 0 aliphatic heterocycles. The first kappa shape index (κ1) is 27.1. The number of nitrogens with zero attached hydrogens (tertiary/aromatic N) is 4. The largest absolute Gasteiger partial charge is 0.278 e. The lowest BCUT2D eigenvalue weighted by Crippen LogP contribution is -2.44. The number of hydrogen-bond acceptors (Lipinski definition) is 3. The fourth-order valence-corrected chi connectivity index (χ4v) is 9.70. The number of fused-ring (bicyclic) bond motifs is 11. The van der Waals surface area contributed by atoms with E-state index in [1.807, 2.05) is 36.4 Å². The number of para-hydroxylation sites is 1. The van der Waals surface area contributed by atoms with E-state index in [0.717, 1.165) is 28.5 Å². The molecule has 2 aromatic heterocycles. The highest BCUT2D eigenvalue weighted by molar-refractivity contribution is 6.11. The minimum atomic E-state index is 0.0517. The Morgan fingerprint density at radius 3 is 2.04 bits per heavy atom. The molecule has 4 nitrogen and oxygen atoms in total. The van der Waals surface area contributed by atoms with Crippen molar-refractivity contribution >= 4 is 21.8 Å². The Labute approximate surface area is 275 Å². The van der Waals surface area contributed by atoms with Gasteiger partial charge in [0.05, 0.1) is 11.0 Å². The maximum atomic E-state index is 5.21. The molecule has 0 radical (unpaired) electrons. The van der Waals surface area contributed by atoms with Crippen LogP contribution in [0.2, 0.25) is 0 Å². The Morgan fingerprint density at radius 2 is 1.28 bits per heavy atom. The average molecular weight is 609 g/mol. The van der Waals surface area contributed by atoms with E-state index in [0.29, 0.717) is 23.5 Å². The standard InChI is InChI=1S/C43H36N4/c1-27-22-28-20-21-43(31(23-27)24-28)36-18-10-8-16-32(36)34-25-35-33-17-9-11-19-38(33)47(39(35)26-37(34)43)42-45-40(29-12-4-2-5-13-29)44-41(46-42)30-14-6-3-7-15-30/h2-19,25-28,31H,20-24H2,1H3. The first-order chi connectivity index (χ1) is 23.2. The van der Waals surface area contributed by atoms with Crippen molar-refractivity contribution in [1.82, 2.24) is 19.5 Å². The zero-order valence-corrected chi connectivity index (χ0v) is 26.6. The molecular weight excluding hydrogens is 573 g/mol. The van der Waals surface area contributed by atoms with Gasteiger partial charge >= 0.3 is 0 Å². The minimum Gasteiger partial charge on any atom is -0.278 e. The minimum absolute atomic E-state index is 0.0517. The van der Waals surface area contributed by atoms with E-state index in [1.54, 1.807) is 5.56 Å². The van der Waals surface area contributed by atoms with Crippen molar-refractivity contribution in [2.45, 2.75) is 44.4 Å². The highest BCUT2D eigenvalue weighted by Crippen LogP contribution is 2.63. The topological polar surface area (TPSA) is 43.6 Å². The molecule has 228 valence electrons. The summed E-state index contributed by atoms with van der Waals surface area (Å²) in [6, 6.07) is 43.6. The highest BCUT2D eigenvalue weighted by atomic mass is 15.2. The normalized spacial score (nSPS) is 22.9.